The lowest BCUT2D eigenvalue weighted by Gasteiger charge is -2.12. The van der Waals surface area contributed by atoms with Gasteiger partial charge >= 0.3 is 0 Å². The van der Waals surface area contributed by atoms with E-state index in [0.29, 0.717) is 0 Å². The van der Waals surface area contributed by atoms with Gasteiger partial charge in [-0.05, 0) is 35.6 Å². The Morgan fingerprint density at radius 1 is 1.47 bits per heavy atom. The second-order valence-corrected chi connectivity index (χ2v) is 4.65. The van der Waals surface area contributed by atoms with Crippen molar-refractivity contribution in [1.82, 2.24) is 4.98 Å². The van der Waals surface area contributed by atoms with E-state index in [-0.39, 0.29) is 6.04 Å². The third-order valence-corrected chi connectivity index (χ3v) is 3.36. The van der Waals surface area contributed by atoms with Crippen molar-refractivity contribution in [1.29, 1.82) is 0 Å². The molecule has 15 heavy (non-hydrogen) atoms. The number of hydrogen-bond donors (Lipinski definition) is 1. The summed E-state index contributed by atoms with van der Waals surface area (Å²) in [6, 6.07) is 6.27. The van der Waals surface area contributed by atoms with E-state index in [9.17, 15) is 0 Å². The molecule has 0 spiro atoms. The van der Waals surface area contributed by atoms with Crippen molar-refractivity contribution >= 4 is 11.3 Å². The molecule has 3 heteroatoms. The van der Waals surface area contributed by atoms with Crippen LogP contribution in [0.2, 0.25) is 0 Å². The molecule has 0 aliphatic carbocycles. The van der Waals surface area contributed by atoms with Crippen molar-refractivity contribution < 1.29 is 0 Å². The topological polar surface area (TPSA) is 38.9 Å². The van der Waals surface area contributed by atoms with Crippen molar-refractivity contribution in [2.75, 3.05) is 0 Å². The predicted octanol–water partition coefficient (Wildman–Crippen LogP) is 2.69. The maximum atomic E-state index is 6.17. The van der Waals surface area contributed by atoms with Gasteiger partial charge in [0.2, 0.25) is 0 Å². The van der Waals surface area contributed by atoms with Crippen LogP contribution < -0.4 is 5.73 Å². The fourth-order valence-electron chi connectivity index (χ4n) is 1.66. The summed E-state index contributed by atoms with van der Waals surface area (Å²) in [7, 11) is 0. The highest BCUT2D eigenvalue weighted by atomic mass is 32.1. The summed E-state index contributed by atoms with van der Waals surface area (Å²) in [4.78, 5) is 5.40. The molecule has 2 nitrogen and oxygen atoms in total. The van der Waals surface area contributed by atoms with E-state index in [1.807, 2.05) is 12.3 Å². The summed E-state index contributed by atoms with van der Waals surface area (Å²) in [5.41, 5.74) is 8.53. The maximum absolute atomic E-state index is 6.17. The summed E-state index contributed by atoms with van der Waals surface area (Å²) >= 11 is 1.76. The van der Waals surface area contributed by atoms with Crippen LogP contribution in [0.3, 0.4) is 0 Å². The van der Waals surface area contributed by atoms with Crippen LogP contribution in [0.15, 0.2) is 36.0 Å². The average Bonchev–Trinajstić information content (AvgIpc) is 2.71. The number of pyridine rings is 1. The number of hydrogen-bond acceptors (Lipinski definition) is 3. The maximum Gasteiger partial charge on any atom is 0.0347 e. The van der Waals surface area contributed by atoms with Gasteiger partial charge in [0.15, 0.2) is 0 Å². The molecule has 0 saturated carbocycles. The highest BCUT2D eigenvalue weighted by Gasteiger charge is 2.09. The van der Waals surface area contributed by atoms with Crippen molar-refractivity contribution in [3.63, 3.8) is 0 Å². The lowest BCUT2D eigenvalue weighted by molar-refractivity contribution is 0.722. The molecule has 0 amide bonds. The number of nitrogens with two attached hydrogens (primary N) is 1. The third kappa shape index (κ3) is 2.43. The SMILES string of the molecule is Cc1cnccc1C(N)Cc1cccs1. The van der Waals surface area contributed by atoms with E-state index in [4.69, 9.17) is 5.73 Å². The van der Waals surface area contributed by atoms with Gasteiger partial charge in [-0.3, -0.25) is 4.98 Å². The van der Waals surface area contributed by atoms with E-state index in [1.165, 1.54) is 16.0 Å². The lowest BCUT2D eigenvalue weighted by Crippen LogP contribution is -2.14. The van der Waals surface area contributed by atoms with E-state index in [1.54, 1.807) is 17.5 Å². The fourth-order valence-corrected chi connectivity index (χ4v) is 2.42. The average molecular weight is 218 g/mol. The normalized spacial score (nSPS) is 12.7. The molecule has 0 aliphatic rings. The van der Waals surface area contributed by atoms with Crippen molar-refractivity contribution in [3.8, 4) is 0 Å². The molecule has 2 heterocycles. The standard InChI is InChI=1S/C12H14N2S/c1-9-8-14-5-4-11(9)12(13)7-10-3-2-6-15-10/h2-6,8,12H,7,13H2,1H3. The summed E-state index contributed by atoms with van der Waals surface area (Å²) < 4.78 is 0. The van der Waals surface area contributed by atoms with Gasteiger partial charge in [0, 0.05) is 29.7 Å². The van der Waals surface area contributed by atoms with Gasteiger partial charge in [0.1, 0.15) is 0 Å². The first-order valence-corrected chi connectivity index (χ1v) is 5.84. The van der Waals surface area contributed by atoms with Crippen LogP contribution >= 0.6 is 11.3 Å². The molecule has 2 rings (SSSR count). The molecule has 1 atom stereocenters. The number of nitrogens with zero attached hydrogens (tertiary/aromatic N) is 1. The van der Waals surface area contributed by atoms with Crippen molar-refractivity contribution in [3.05, 3.63) is 52.0 Å². The molecular weight excluding hydrogens is 204 g/mol. The minimum atomic E-state index is 0.0756. The van der Waals surface area contributed by atoms with Gasteiger partial charge in [-0.15, -0.1) is 11.3 Å². The molecule has 0 bridgehead atoms. The first kappa shape index (κ1) is 10.3. The molecule has 2 aromatic heterocycles. The van der Waals surface area contributed by atoms with E-state index in [0.717, 1.165) is 6.42 Å². The number of aryl methyl sites for hydroxylation is 1. The fraction of sp³-hybridized carbons (Fsp3) is 0.250. The molecule has 78 valence electrons. The van der Waals surface area contributed by atoms with E-state index < -0.39 is 0 Å². The van der Waals surface area contributed by atoms with Crippen molar-refractivity contribution in [2.24, 2.45) is 5.73 Å². The molecule has 2 aromatic rings. The molecule has 1 unspecified atom stereocenters. The minimum Gasteiger partial charge on any atom is -0.324 e. The predicted molar refractivity (Wildman–Crippen MR) is 63.9 cm³/mol. The van der Waals surface area contributed by atoms with Crippen LogP contribution in [0.25, 0.3) is 0 Å². The largest absolute Gasteiger partial charge is 0.324 e. The van der Waals surface area contributed by atoms with E-state index in [2.05, 4.69) is 29.4 Å². The zero-order chi connectivity index (χ0) is 10.7. The Hall–Kier alpha value is -1.19. The number of rotatable bonds is 3. The molecular formula is C12H14N2S. The second kappa shape index (κ2) is 4.55. The minimum absolute atomic E-state index is 0.0756. The summed E-state index contributed by atoms with van der Waals surface area (Å²) in [6.07, 6.45) is 4.57. The van der Waals surface area contributed by atoms with E-state index >= 15 is 0 Å². The highest BCUT2D eigenvalue weighted by molar-refractivity contribution is 7.09. The second-order valence-electron chi connectivity index (χ2n) is 3.62. The number of aromatic nitrogens is 1. The van der Waals surface area contributed by atoms with Crippen LogP contribution in [0.1, 0.15) is 22.0 Å². The first-order chi connectivity index (χ1) is 7.27. The van der Waals surface area contributed by atoms with Crippen LogP contribution in [-0.4, -0.2) is 4.98 Å². The monoisotopic (exact) mass is 218 g/mol. The summed E-state index contributed by atoms with van der Waals surface area (Å²) in [5.74, 6) is 0. The Balaban J connectivity index is 2.15. The molecule has 0 saturated heterocycles. The Morgan fingerprint density at radius 3 is 3.00 bits per heavy atom. The Bertz CT molecular complexity index is 423. The lowest BCUT2D eigenvalue weighted by atomic mass is 10.0. The summed E-state index contributed by atoms with van der Waals surface area (Å²) in [5, 5.41) is 2.08. The zero-order valence-corrected chi connectivity index (χ0v) is 9.50. The zero-order valence-electron chi connectivity index (χ0n) is 8.68. The Kier molecular flexibility index (Phi) is 3.14. The van der Waals surface area contributed by atoms with Crippen LogP contribution in [0.5, 0.6) is 0 Å². The van der Waals surface area contributed by atoms with Crippen molar-refractivity contribution in [2.45, 2.75) is 19.4 Å². The molecule has 0 radical (unpaired) electrons. The summed E-state index contributed by atoms with van der Waals surface area (Å²) in [6.45, 7) is 2.05. The van der Waals surface area contributed by atoms with Gasteiger partial charge in [-0.1, -0.05) is 6.07 Å². The molecule has 0 aliphatic heterocycles. The van der Waals surface area contributed by atoms with Crippen LogP contribution in [0.4, 0.5) is 0 Å². The quantitative estimate of drug-likeness (QED) is 0.860. The highest BCUT2D eigenvalue weighted by Crippen LogP contribution is 2.20. The van der Waals surface area contributed by atoms with Crippen LogP contribution in [-0.2, 0) is 6.42 Å². The smallest absolute Gasteiger partial charge is 0.0347 e. The number of thiophene rings is 1. The molecule has 0 fully saturated rings. The molecule has 0 aromatic carbocycles. The van der Waals surface area contributed by atoms with Gasteiger partial charge in [0.25, 0.3) is 0 Å². The van der Waals surface area contributed by atoms with Gasteiger partial charge < -0.3 is 5.73 Å². The van der Waals surface area contributed by atoms with Gasteiger partial charge in [0.05, 0.1) is 0 Å². The first-order valence-electron chi connectivity index (χ1n) is 4.96. The van der Waals surface area contributed by atoms with Crippen LogP contribution in [0, 0.1) is 6.92 Å². The molecule has 2 N–H and O–H groups in total. The third-order valence-electron chi connectivity index (χ3n) is 2.46. The van der Waals surface area contributed by atoms with Gasteiger partial charge in [-0.25, -0.2) is 0 Å². The van der Waals surface area contributed by atoms with Gasteiger partial charge in [-0.2, -0.15) is 0 Å². The Labute approximate surface area is 93.8 Å². The Morgan fingerprint density at radius 2 is 2.33 bits per heavy atom.